The Bertz CT molecular complexity index is 481. The number of aromatic amines is 1. The third-order valence-corrected chi connectivity index (χ3v) is 2.32. The summed E-state index contributed by atoms with van der Waals surface area (Å²) in [6.07, 6.45) is 0. The monoisotopic (exact) mass is 220 g/mol. The summed E-state index contributed by atoms with van der Waals surface area (Å²) in [4.78, 5) is 6.22. The molecule has 0 spiro atoms. The molecule has 0 radical (unpaired) electrons. The van der Waals surface area contributed by atoms with E-state index in [2.05, 4.69) is 20.3 Å². The number of H-pyrrole nitrogens is 1. The van der Waals surface area contributed by atoms with Crippen molar-refractivity contribution in [1.29, 1.82) is 0 Å². The molecule has 0 atom stereocenters. The fraction of sp³-hybridized carbons (Fsp3) is 0.500. The van der Waals surface area contributed by atoms with Gasteiger partial charge in [-0.1, -0.05) is 0 Å². The van der Waals surface area contributed by atoms with Gasteiger partial charge < -0.3 is 4.90 Å². The Balaban J connectivity index is 2.17. The van der Waals surface area contributed by atoms with E-state index >= 15 is 0 Å². The van der Waals surface area contributed by atoms with Crippen molar-refractivity contribution in [2.75, 3.05) is 19.0 Å². The van der Waals surface area contributed by atoms with Gasteiger partial charge in [0, 0.05) is 19.8 Å². The summed E-state index contributed by atoms with van der Waals surface area (Å²) in [5.41, 5.74) is 2.14. The molecular formula is C10H16N6. The van der Waals surface area contributed by atoms with Crippen LogP contribution in [0.25, 0.3) is 0 Å². The average Bonchev–Trinajstić information content (AvgIpc) is 2.75. The zero-order valence-corrected chi connectivity index (χ0v) is 10.0. The first kappa shape index (κ1) is 10.7. The average molecular weight is 220 g/mol. The fourth-order valence-electron chi connectivity index (χ4n) is 1.53. The van der Waals surface area contributed by atoms with Gasteiger partial charge in [-0.25, -0.2) is 0 Å². The van der Waals surface area contributed by atoms with Crippen LogP contribution >= 0.6 is 0 Å². The normalized spacial score (nSPS) is 10.8. The van der Waals surface area contributed by atoms with E-state index in [1.165, 1.54) is 0 Å². The molecule has 16 heavy (non-hydrogen) atoms. The number of nitrogens with one attached hydrogen (secondary N) is 1. The van der Waals surface area contributed by atoms with Gasteiger partial charge in [-0.2, -0.15) is 10.1 Å². The zero-order chi connectivity index (χ0) is 11.7. The van der Waals surface area contributed by atoms with Gasteiger partial charge in [-0.05, 0) is 19.9 Å². The number of rotatable bonds is 3. The van der Waals surface area contributed by atoms with Gasteiger partial charge in [0.15, 0.2) is 0 Å². The van der Waals surface area contributed by atoms with E-state index in [0.717, 1.165) is 17.2 Å². The maximum absolute atomic E-state index is 4.37. The molecule has 2 aromatic heterocycles. The predicted molar refractivity (Wildman–Crippen MR) is 61.5 cm³/mol. The lowest BCUT2D eigenvalue weighted by molar-refractivity contribution is 0.634. The van der Waals surface area contributed by atoms with Crippen LogP contribution in [0.15, 0.2) is 6.07 Å². The highest BCUT2D eigenvalue weighted by Gasteiger charge is 2.07. The fourth-order valence-corrected chi connectivity index (χ4v) is 1.53. The van der Waals surface area contributed by atoms with E-state index in [4.69, 9.17) is 0 Å². The first-order chi connectivity index (χ1) is 7.56. The maximum Gasteiger partial charge on any atom is 0.244 e. The molecule has 0 bridgehead atoms. The van der Waals surface area contributed by atoms with Crippen molar-refractivity contribution in [3.8, 4) is 0 Å². The minimum Gasteiger partial charge on any atom is -0.346 e. The van der Waals surface area contributed by atoms with E-state index in [0.29, 0.717) is 12.5 Å². The summed E-state index contributed by atoms with van der Waals surface area (Å²) in [7, 11) is 3.83. The SMILES string of the molecule is Cc1cc(C)n(Cc2nc(N(C)C)n[nH]2)n1. The van der Waals surface area contributed by atoms with Crippen molar-refractivity contribution >= 4 is 5.95 Å². The second-order valence-corrected chi connectivity index (χ2v) is 4.06. The molecule has 6 heteroatoms. The maximum atomic E-state index is 4.37. The summed E-state index contributed by atoms with van der Waals surface area (Å²) >= 11 is 0. The largest absolute Gasteiger partial charge is 0.346 e. The Kier molecular flexibility index (Phi) is 2.64. The smallest absolute Gasteiger partial charge is 0.244 e. The van der Waals surface area contributed by atoms with Crippen LogP contribution in [0.4, 0.5) is 5.95 Å². The molecule has 0 amide bonds. The Labute approximate surface area is 94.3 Å². The van der Waals surface area contributed by atoms with E-state index in [1.807, 2.05) is 43.6 Å². The molecule has 0 fully saturated rings. The molecule has 0 saturated heterocycles. The molecule has 0 aliphatic carbocycles. The molecule has 1 N–H and O–H groups in total. The summed E-state index contributed by atoms with van der Waals surface area (Å²) < 4.78 is 1.91. The molecule has 2 aromatic rings. The molecular weight excluding hydrogens is 204 g/mol. The van der Waals surface area contributed by atoms with Gasteiger partial charge >= 0.3 is 0 Å². The van der Waals surface area contributed by atoms with E-state index in [9.17, 15) is 0 Å². The first-order valence-electron chi connectivity index (χ1n) is 5.16. The Morgan fingerprint density at radius 1 is 1.38 bits per heavy atom. The van der Waals surface area contributed by atoms with Gasteiger partial charge in [0.05, 0.1) is 5.69 Å². The highest BCUT2D eigenvalue weighted by molar-refractivity contribution is 5.24. The van der Waals surface area contributed by atoms with Crippen LogP contribution in [0.5, 0.6) is 0 Å². The lowest BCUT2D eigenvalue weighted by Crippen LogP contribution is -2.10. The molecule has 2 heterocycles. The van der Waals surface area contributed by atoms with Crippen molar-refractivity contribution in [3.05, 3.63) is 23.3 Å². The van der Waals surface area contributed by atoms with Crippen molar-refractivity contribution in [2.45, 2.75) is 20.4 Å². The topological polar surface area (TPSA) is 62.6 Å². The lowest BCUT2D eigenvalue weighted by Gasteiger charge is -2.04. The predicted octanol–water partition coefficient (Wildman–Crippen LogP) is 0.732. The molecule has 0 unspecified atom stereocenters. The van der Waals surface area contributed by atoms with Crippen molar-refractivity contribution in [3.63, 3.8) is 0 Å². The molecule has 2 rings (SSSR count). The first-order valence-corrected chi connectivity index (χ1v) is 5.16. The molecule has 0 aliphatic rings. The summed E-state index contributed by atoms with van der Waals surface area (Å²) in [6, 6.07) is 2.04. The quantitative estimate of drug-likeness (QED) is 0.828. The van der Waals surface area contributed by atoms with Crippen molar-refractivity contribution in [1.82, 2.24) is 25.0 Å². The summed E-state index contributed by atoms with van der Waals surface area (Å²) in [6.45, 7) is 4.64. The molecule has 6 nitrogen and oxygen atoms in total. The number of aryl methyl sites for hydroxylation is 2. The van der Waals surface area contributed by atoms with Gasteiger partial charge in [0.2, 0.25) is 5.95 Å². The Morgan fingerprint density at radius 3 is 2.62 bits per heavy atom. The van der Waals surface area contributed by atoms with E-state index < -0.39 is 0 Å². The van der Waals surface area contributed by atoms with Crippen LogP contribution in [0.3, 0.4) is 0 Å². The van der Waals surface area contributed by atoms with Gasteiger partial charge in [-0.15, -0.1) is 5.10 Å². The zero-order valence-electron chi connectivity index (χ0n) is 10.0. The van der Waals surface area contributed by atoms with Gasteiger partial charge in [0.25, 0.3) is 0 Å². The third kappa shape index (κ3) is 2.05. The molecule has 0 aliphatic heterocycles. The molecule has 0 aromatic carbocycles. The number of anilines is 1. The van der Waals surface area contributed by atoms with Crippen LogP contribution in [-0.2, 0) is 6.54 Å². The van der Waals surface area contributed by atoms with Crippen LogP contribution in [0.1, 0.15) is 17.2 Å². The van der Waals surface area contributed by atoms with Crippen molar-refractivity contribution in [2.24, 2.45) is 0 Å². The highest BCUT2D eigenvalue weighted by atomic mass is 15.4. The van der Waals surface area contributed by atoms with Crippen LogP contribution < -0.4 is 4.90 Å². The second-order valence-electron chi connectivity index (χ2n) is 4.06. The standard InChI is InChI=1S/C10H16N6/c1-7-5-8(2)16(14-7)6-9-11-10(13-12-9)15(3)4/h5H,6H2,1-4H3,(H,11,12,13). The van der Waals surface area contributed by atoms with Crippen LogP contribution in [-0.4, -0.2) is 39.1 Å². The Morgan fingerprint density at radius 2 is 2.12 bits per heavy atom. The highest BCUT2D eigenvalue weighted by Crippen LogP contribution is 2.06. The number of hydrogen-bond acceptors (Lipinski definition) is 4. The van der Waals surface area contributed by atoms with Crippen LogP contribution in [0.2, 0.25) is 0 Å². The molecule has 0 saturated carbocycles. The van der Waals surface area contributed by atoms with Gasteiger partial charge in [-0.3, -0.25) is 9.78 Å². The Hall–Kier alpha value is -1.85. The van der Waals surface area contributed by atoms with Gasteiger partial charge in [0.1, 0.15) is 12.4 Å². The van der Waals surface area contributed by atoms with E-state index in [1.54, 1.807) is 0 Å². The lowest BCUT2D eigenvalue weighted by atomic mass is 10.4. The third-order valence-electron chi connectivity index (χ3n) is 2.32. The molecule has 86 valence electrons. The van der Waals surface area contributed by atoms with Crippen molar-refractivity contribution < 1.29 is 0 Å². The van der Waals surface area contributed by atoms with Crippen LogP contribution in [0, 0.1) is 13.8 Å². The number of nitrogens with zero attached hydrogens (tertiary/aromatic N) is 5. The summed E-state index contributed by atoms with van der Waals surface area (Å²) in [5, 5.41) is 11.4. The minimum absolute atomic E-state index is 0.626. The second kappa shape index (κ2) is 3.96. The number of aromatic nitrogens is 5. The summed E-state index contributed by atoms with van der Waals surface area (Å²) in [5.74, 6) is 1.51. The van der Waals surface area contributed by atoms with E-state index in [-0.39, 0.29) is 0 Å². The number of hydrogen-bond donors (Lipinski definition) is 1. The minimum atomic E-state index is 0.626.